The van der Waals surface area contributed by atoms with E-state index in [4.69, 9.17) is 0 Å². The number of carbonyl (C=O) groups excluding carboxylic acids is 2. The molecule has 1 saturated heterocycles. The van der Waals surface area contributed by atoms with Crippen LogP contribution in [0.25, 0.3) is 0 Å². The van der Waals surface area contributed by atoms with Crippen molar-refractivity contribution in [2.45, 2.75) is 38.1 Å². The summed E-state index contributed by atoms with van der Waals surface area (Å²) in [5.41, 5.74) is 5.04. The second-order valence-corrected chi connectivity index (χ2v) is 8.87. The first-order valence-corrected chi connectivity index (χ1v) is 11.8. The first-order chi connectivity index (χ1) is 15.6. The van der Waals surface area contributed by atoms with Gasteiger partial charge in [0.25, 0.3) is 0 Å². The van der Waals surface area contributed by atoms with Gasteiger partial charge in [-0.3, -0.25) is 14.5 Å². The van der Waals surface area contributed by atoms with E-state index in [2.05, 4.69) is 45.7 Å². The van der Waals surface area contributed by atoms with Crippen molar-refractivity contribution in [3.05, 3.63) is 65.2 Å². The molecule has 0 unspecified atom stereocenters. The van der Waals surface area contributed by atoms with Gasteiger partial charge in [-0.15, -0.1) is 0 Å². The number of likely N-dealkylation sites (tertiary alicyclic amines) is 1. The molecule has 0 aliphatic carbocycles. The van der Waals surface area contributed by atoms with E-state index in [-0.39, 0.29) is 6.04 Å². The molecule has 0 saturated carbocycles. The number of hydrogen-bond acceptors (Lipinski definition) is 4. The van der Waals surface area contributed by atoms with Crippen molar-refractivity contribution in [2.24, 2.45) is 0 Å². The molecular formula is C26H34N4O2. The van der Waals surface area contributed by atoms with Gasteiger partial charge in [0.15, 0.2) is 0 Å². The lowest BCUT2D eigenvalue weighted by Gasteiger charge is -2.35. The van der Waals surface area contributed by atoms with Crippen molar-refractivity contribution in [1.82, 2.24) is 15.5 Å². The van der Waals surface area contributed by atoms with Crippen molar-refractivity contribution in [3.8, 4) is 0 Å². The molecule has 2 aromatic rings. The number of benzene rings is 2. The summed E-state index contributed by atoms with van der Waals surface area (Å²) in [4.78, 5) is 29.5. The Labute approximate surface area is 191 Å². The lowest BCUT2D eigenvalue weighted by Crippen LogP contribution is -2.45. The Balaban J connectivity index is 1.36. The fourth-order valence-corrected chi connectivity index (χ4v) is 4.80. The van der Waals surface area contributed by atoms with Crippen LogP contribution in [-0.2, 0) is 22.4 Å². The maximum Gasteiger partial charge on any atom is 0.309 e. The Morgan fingerprint density at radius 3 is 2.47 bits per heavy atom. The maximum absolute atomic E-state index is 12.5. The molecule has 2 aliphatic heterocycles. The zero-order chi connectivity index (χ0) is 22.3. The molecule has 0 bridgehead atoms. The van der Waals surface area contributed by atoms with Crippen LogP contribution in [0.2, 0.25) is 0 Å². The third-order valence-electron chi connectivity index (χ3n) is 6.65. The van der Waals surface area contributed by atoms with Gasteiger partial charge in [0.1, 0.15) is 0 Å². The van der Waals surface area contributed by atoms with Crippen LogP contribution >= 0.6 is 0 Å². The summed E-state index contributed by atoms with van der Waals surface area (Å²) in [6, 6.07) is 16.7. The number of amides is 2. The lowest BCUT2D eigenvalue weighted by molar-refractivity contribution is -0.139. The number of fused-ring (bicyclic) bond motifs is 1. The topological polar surface area (TPSA) is 64.7 Å². The molecule has 2 heterocycles. The molecule has 1 atom stereocenters. The molecule has 4 rings (SSSR count). The molecule has 2 aromatic carbocycles. The van der Waals surface area contributed by atoms with Gasteiger partial charge in [-0.25, -0.2) is 0 Å². The van der Waals surface area contributed by atoms with Crippen molar-refractivity contribution in [3.63, 3.8) is 0 Å². The Morgan fingerprint density at radius 2 is 1.69 bits per heavy atom. The first kappa shape index (κ1) is 22.3. The third kappa shape index (κ3) is 5.49. The minimum absolute atomic E-state index is 0.0903. The number of nitrogens with zero attached hydrogens (tertiary/aromatic N) is 2. The Kier molecular flexibility index (Phi) is 7.43. The maximum atomic E-state index is 12.5. The van der Waals surface area contributed by atoms with Crippen LogP contribution < -0.4 is 15.5 Å². The molecule has 0 spiro atoms. The van der Waals surface area contributed by atoms with E-state index in [0.717, 1.165) is 31.6 Å². The van der Waals surface area contributed by atoms with E-state index in [1.165, 1.54) is 36.1 Å². The number of anilines is 1. The second kappa shape index (κ2) is 10.6. The number of carbonyl (C=O) groups is 2. The lowest BCUT2D eigenvalue weighted by atomic mass is 9.98. The van der Waals surface area contributed by atoms with Crippen molar-refractivity contribution in [1.29, 1.82) is 0 Å². The van der Waals surface area contributed by atoms with E-state index in [9.17, 15) is 9.59 Å². The molecule has 1 fully saturated rings. The van der Waals surface area contributed by atoms with Crippen LogP contribution in [0.4, 0.5) is 5.69 Å². The zero-order valence-corrected chi connectivity index (χ0v) is 19.0. The van der Waals surface area contributed by atoms with E-state index in [0.29, 0.717) is 19.5 Å². The standard InChI is InChI=1S/C26H34N4O2/c1-29-17-13-22-18-21(10-11-23(22)29)24(30-15-6-3-7-16-30)19-28-26(32)25(31)27-14-12-20-8-4-2-5-9-20/h2,4-5,8-11,18,24H,3,6-7,12-17,19H2,1H3,(H,27,31)(H,28,32)/t24-/m0/s1. The summed E-state index contributed by atoms with van der Waals surface area (Å²) in [5, 5.41) is 5.64. The number of likely N-dealkylation sites (N-methyl/N-ethyl adjacent to an activating group) is 1. The molecule has 2 N–H and O–H groups in total. The van der Waals surface area contributed by atoms with Gasteiger partial charge in [0.2, 0.25) is 0 Å². The molecule has 0 aromatic heterocycles. The Hall–Kier alpha value is -2.86. The summed E-state index contributed by atoms with van der Waals surface area (Å²) in [7, 11) is 2.13. The number of rotatable bonds is 7. The molecule has 2 aliphatic rings. The Bertz CT molecular complexity index is 925. The molecule has 2 amide bonds. The smallest absolute Gasteiger partial charge is 0.309 e. The van der Waals surface area contributed by atoms with Crippen LogP contribution in [0.5, 0.6) is 0 Å². The van der Waals surface area contributed by atoms with Gasteiger partial charge in [0, 0.05) is 32.4 Å². The van der Waals surface area contributed by atoms with Gasteiger partial charge in [-0.1, -0.05) is 48.9 Å². The molecular weight excluding hydrogens is 400 g/mol. The first-order valence-electron chi connectivity index (χ1n) is 11.8. The summed E-state index contributed by atoms with van der Waals surface area (Å²) < 4.78 is 0. The van der Waals surface area contributed by atoms with Gasteiger partial charge >= 0.3 is 11.8 Å². The minimum atomic E-state index is -0.561. The fraction of sp³-hybridized carbons (Fsp3) is 0.462. The highest BCUT2D eigenvalue weighted by atomic mass is 16.2. The summed E-state index contributed by atoms with van der Waals surface area (Å²) >= 11 is 0. The summed E-state index contributed by atoms with van der Waals surface area (Å²) in [6.45, 7) is 4.00. The molecule has 6 nitrogen and oxygen atoms in total. The van der Waals surface area contributed by atoms with Crippen LogP contribution in [-0.4, -0.2) is 56.5 Å². The Morgan fingerprint density at radius 1 is 0.938 bits per heavy atom. The van der Waals surface area contributed by atoms with Gasteiger partial charge in [-0.05, 0) is 61.5 Å². The van der Waals surface area contributed by atoms with Crippen molar-refractivity contribution in [2.75, 3.05) is 44.7 Å². The SMILES string of the molecule is CN1CCc2cc([C@H](CNC(=O)C(=O)NCCc3ccccc3)N3CCCCC3)ccc21. The van der Waals surface area contributed by atoms with E-state index >= 15 is 0 Å². The zero-order valence-electron chi connectivity index (χ0n) is 19.0. The van der Waals surface area contributed by atoms with E-state index in [1.807, 2.05) is 30.3 Å². The highest BCUT2D eigenvalue weighted by Gasteiger charge is 2.26. The summed E-state index contributed by atoms with van der Waals surface area (Å²) in [5.74, 6) is -1.12. The van der Waals surface area contributed by atoms with E-state index in [1.54, 1.807) is 0 Å². The minimum Gasteiger partial charge on any atom is -0.374 e. The second-order valence-electron chi connectivity index (χ2n) is 8.87. The predicted octanol–water partition coefficient (Wildman–Crippen LogP) is 2.68. The van der Waals surface area contributed by atoms with Gasteiger partial charge in [-0.2, -0.15) is 0 Å². The van der Waals surface area contributed by atoms with Gasteiger partial charge in [0.05, 0.1) is 6.04 Å². The fourth-order valence-electron chi connectivity index (χ4n) is 4.80. The van der Waals surface area contributed by atoms with E-state index < -0.39 is 11.8 Å². The largest absolute Gasteiger partial charge is 0.374 e. The van der Waals surface area contributed by atoms with Crippen LogP contribution in [0.1, 0.15) is 42.0 Å². The monoisotopic (exact) mass is 434 g/mol. The molecule has 0 radical (unpaired) electrons. The molecule has 6 heteroatoms. The van der Waals surface area contributed by atoms with Gasteiger partial charge < -0.3 is 15.5 Å². The average Bonchev–Trinajstić information content (AvgIpc) is 3.20. The third-order valence-corrected chi connectivity index (χ3v) is 6.65. The van der Waals surface area contributed by atoms with Crippen LogP contribution in [0.3, 0.4) is 0 Å². The quantitative estimate of drug-likeness (QED) is 0.658. The predicted molar refractivity (Wildman–Crippen MR) is 128 cm³/mol. The van der Waals surface area contributed by atoms with Crippen LogP contribution in [0, 0.1) is 0 Å². The number of nitrogens with one attached hydrogen (secondary N) is 2. The molecule has 32 heavy (non-hydrogen) atoms. The highest BCUT2D eigenvalue weighted by molar-refractivity contribution is 6.35. The normalized spacial score (nSPS) is 17.0. The van der Waals surface area contributed by atoms with Crippen LogP contribution in [0.15, 0.2) is 48.5 Å². The van der Waals surface area contributed by atoms with Crippen molar-refractivity contribution >= 4 is 17.5 Å². The molecule has 170 valence electrons. The number of piperidine rings is 1. The highest BCUT2D eigenvalue weighted by Crippen LogP contribution is 2.32. The summed E-state index contributed by atoms with van der Waals surface area (Å²) in [6.07, 6.45) is 5.38. The number of hydrogen-bond donors (Lipinski definition) is 2. The van der Waals surface area contributed by atoms with Crippen molar-refractivity contribution < 1.29 is 9.59 Å². The average molecular weight is 435 g/mol.